The highest BCUT2D eigenvalue weighted by Gasteiger charge is 2.13. The van der Waals surface area contributed by atoms with Gasteiger partial charge in [0.1, 0.15) is 17.3 Å². The fourth-order valence-corrected chi connectivity index (χ4v) is 2.15. The van der Waals surface area contributed by atoms with Crippen molar-refractivity contribution in [2.75, 3.05) is 12.4 Å². The summed E-state index contributed by atoms with van der Waals surface area (Å²) in [5.41, 5.74) is 0.722. The quantitative estimate of drug-likeness (QED) is 0.492. The highest BCUT2D eigenvalue weighted by atomic mass is 35.5. The number of benzene rings is 1. The van der Waals surface area contributed by atoms with Gasteiger partial charge in [-0.25, -0.2) is 4.79 Å². The number of halogens is 2. The SMILES string of the molecule is COC(=O)c1ccc(/C=C(/C#N)C(=O)Nc2cc(Cl)ccc2Cl)[nH]1. The lowest BCUT2D eigenvalue weighted by molar-refractivity contribution is -0.112. The molecule has 2 N–H and O–H groups in total. The molecule has 6 nitrogen and oxygen atoms in total. The first-order valence-electron chi connectivity index (χ1n) is 6.60. The second kappa shape index (κ2) is 7.68. The average Bonchev–Trinajstić information content (AvgIpc) is 3.03. The maximum absolute atomic E-state index is 12.2. The van der Waals surface area contributed by atoms with Gasteiger partial charge in [-0.05, 0) is 36.4 Å². The summed E-state index contributed by atoms with van der Waals surface area (Å²) in [6.07, 6.45) is 1.31. The monoisotopic (exact) mass is 363 g/mol. The van der Waals surface area contributed by atoms with Gasteiger partial charge in [0.05, 0.1) is 17.8 Å². The summed E-state index contributed by atoms with van der Waals surface area (Å²) < 4.78 is 4.57. The Morgan fingerprint density at radius 2 is 2.04 bits per heavy atom. The van der Waals surface area contributed by atoms with Crippen molar-refractivity contribution in [3.05, 3.63) is 57.3 Å². The molecule has 0 bridgehead atoms. The van der Waals surface area contributed by atoms with Crippen LogP contribution in [0.4, 0.5) is 5.69 Å². The summed E-state index contributed by atoms with van der Waals surface area (Å²) in [6.45, 7) is 0. The molecule has 0 spiro atoms. The zero-order valence-corrected chi connectivity index (χ0v) is 13.9. The van der Waals surface area contributed by atoms with E-state index < -0.39 is 11.9 Å². The molecule has 1 heterocycles. The summed E-state index contributed by atoms with van der Waals surface area (Å²) in [4.78, 5) is 26.3. The number of hydrogen-bond acceptors (Lipinski definition) is 4. The van der Waals surface area contributed by atoms with E-state index in [1.54, 1.807) is 18.2 Å². The van der Waals surface area contributed by atoms with Crippen LogP contribution >= 0.6 is 23.2 Å². The first-order valence-corrected chi connectivity index (χ1v) is 7.35. The van der Waals surface area contributed by atoms with Crippen molar-refractivity contribution in [1.82, 2.24) is 4.98 Å². The fourth-order valence-electron chi connectivity index (χ4n) is 1.81. The van der Waals surface area contributed by atoms with Crippen molar-refractivity contribution in [2.24, 2.45) is 0 Å². The predicted molar refractivity (Wildman–Crippen MR) is 90.8 cm³/mol. The highest BCUT2D eigenvalue weighted by molar-refractivity contribution is 6.36. The zero-order valence-electron chi connectivity index (χ0n) is 12.4. The van der Waals surface area contributed by atoms with Gasteiger partial charge in [-0.3, -0.25) is 4.79 Å². The van der Waals surface area contributed by atoms with Crippen LogP contribution in [0.1, 0.15) is 16.2 Å². The number of carbonyl (C=O) groups excluding carboxylic acids is 2. The molecule has 122 valence electrons. The molecule has 24 heavy (non-hydrogen) atoms. The molecule has 0 fully saturated rings. The van der Waals surface area contributed by atoms with Crippen molar-refractivity contribution in [1.29, 1.82) is 5.26 Å². The third-order valence-electron chi connectivity index (χ3n) is 2.96. The Bertz CT molecular complexity index is 866. The first-order chi connectivity index (χ1) is 11.4. The van der Waals surface area contributed by atoms with E-state index in [9.17, 15) is 14.9 Å². The van der Waals surface area contributed by atoms with Crippen LogP contribution in [0, 0.1) is 11.3 Å². The summed E-state index contributed by atoms with van der Waals surface area (Å²) >= 11 is 11.8. The van der Waals surface area contributed by atoms with Crippen molar-refractivity contribution >= 4 is 46.8 Å². The van der Waals surface area contributed by atoms with Gasteiger partial charge in [0, 0.05) is 10.7 Å². The van der Waals surface area contributed by atoms with Crippen LogP contribution in [0.5, 0.6) is 0 Å². The number of anilines is 1. The van der Waals surface area contributed by atoms with E-state index in [2.05, 4.69) is 15.0 Å². The second-order valence-electron chi connectivity index (χ2n) is 4.57. The van der Waals surface area contributed by atoms with Gasteiger partial charge in [0.2, 0.25) is 0 Å². The molecule has 0 unspecified atom stereocenters. The number of amides is 1. The van der Waals surface area contributed by atoms with E-state index in [1.807, 2.05) is 0 Å². The Morgan fingerprint density at radius 1 is 1.29 bits per heavy atom. The summed E-state index contributed by atoms with van der Waals surface area (Å²) in [5, 5.41) is 12.4. The molecule has 1 aromatic carbocycles. The van der Waals surface area contributed by atoms with E-state index in [0.717, 1.165) is 0 Å². The molecule has 0 saturated heterocycles. The van der Waals surface area contributed by atoms with Crippen molar-refractivity contribution < 1.29 is 14.3 Å². The lowest BCUT2D eigenvalue weighted by atomic mass is 10.2. The van der Waals surface area contributed by atoms with Crippen LogP contribution < -0.4 is 5.32 Å². The number of methoxy groups -OCH3 is 1. The number of hydrogen-bond donors (Lipinski definition) is 2. The van der Waals surface area contributed by atoms with E-state index in [0.29, 0.717) is 10.7 Å². The number of aromatic amines is 1. The molecule has 8 heteroatoms. The number of nitrogens with zero attached hydrogens (tertiary/aromatic N) is 1. The largest absolute Gasteiger partial charge is 0.464 e. The molecule has 0 atom stereocenters. The van der Waals surface area contributed by atoms with Crippen LogP contribution in [0.2, 0.25) is 10.0 Å². The van der Waals surface area contributed by atoms with Crippen LogP contribution in [0.25, 0.3) is 6.08 Å². The summed E-state index contributed by atoms with van der Waals surface area (Å²) in [6, 6.07) is 9.40. The van der Waals surface area contributed by atoms with E-state index in [4.69, 9.17) is 23.2 Å². The number of nitriles is 1. The molecule has 0 radical (unpaired) electrons. The minimum absolute atomic E-state index is 0.177. The van der Waals surface area contributed by atoms with Crippen molar-refractivity contribution in [3.8, 4) is 6.07 Å². The number of ether oxygens (including phenoxy) is 1. The molecule has 1 aromatic heterocycles. The molecule has 0 aliphatic rings. The van der Waals surface area contributed by atoms with Gasteiger partial charge in [-0.1, -0.05) is 23.2 Å². The minimum atomic E-state index is -0.657. The number of aromatic nitrogens is 1. The topological polar surface area (TPSA) is 95.0 Å². The molecule has 0 aliphatic heterocycles. The zero-order chi connectivity index (χ0) is 17.7. The fraction of sp³-hybridized carbons (Fsp3) is 0.0625. The Labute approximate surface area is 147 Å². The molecule has 2 aromatic rings. The maximum atomic E-state index is 12.2. The third kappa shape index (κ3) is 4.16. The van der Waals surface area contributed by atoms with Crippen molar-refractivity contribution in [2.45, 2.75) is 0 Å². The van der Waals surface area contributed by atoms with Gasteiger partial charge < -0.3 is 15.0 Å². The van der Waals surface area contributed by atoms with Gasteiger partial charge >= 0.3 is 5.97 Å². The Morgan fingerprint density at radius 3 is 2.71 bits per heavy atom. The first kappa shape index (κ1) is 17.6. The Hall–Kier alpha value is -2.75. The van der Waals surface area contributed by atoms with Crippen LogP contribution in [0.15, 0.2) is 35.9 Å². The number of H-pyrrole nitrogens is 1. The normalized spacial score (nSPS) is 10.8. The lowest BCUT2D eigenvalue weighted by Gasteiger charge is -2.06. The van der Waals surface area contributed by atoms with Crippen LogP contribution in [0.3, 0.4) is 0 Å². The van der Waals surface area contributed by atoms with Crippen LogP contribution in [-0.2, 0) is 9.53 Å². The molecule has 0 aliphatic carbocycles. The Balaban J connectivity index is 2.22. The smallest absolute Gasteiger partial charge is 0.354 e. The van der Waals surface area contributed by atoms with Gasteiger partial charge in [-0.2, -0.15) is 5.26 Å². The molecule has 0 saturated carbocycles. The number of rotatable bonds is 4. The highest BCUT2D eigenvalue weighted by Crippen LogP contribution is 2.25. The number of esters is 1. The van der Waals surface area contributed by atoms with Gasteiger partial charge in [-0.15, -0.1) is 0 Å². The Kier molecular flexibility index (Phi) is 5.64. The second-order valence-corrected chi connectivity index (χ2v) is 5.41. The molecular weight excluding hydrogens is 353 g/mol. The standard InChI is InChI=1S/C16H11Cl2N3O3/c1-24-16(23)13-5-3-11(20-13)6-9(8-19)15(22)21-14-7-10(17)2-4-12(14)18/h2-7,20H,1H3,(H,21,22)/b9-6-. The summed E-state index contributed by atoms with van der Waals surface area (Å²) in [5.74, 6) is -1.21. The molecule has 2 rings (SSSR count). The predicted octanol–water partition coefficient (Wildman–Crippen LogP) is 3.65. The van der Waals surface area contributed by atoms with Gasteiger partial charge in [0.15, 0.2) is 0 Å². The minimum Gasteiger partial charge on any atom is -0.464 e. The van der Waals surface area contributed by atoms with E-state index in [1.165, 1.54) is 31.4 Å². The average molecular weight is 364 g/mol. The van der Waals surface area contributed by atoms with E-state index in [-0.39, 0.29) is 22.0 Å². The maximum Gasteiger partial charge on any atom is 0.354 e. The number of nitrogens with one attached hydrogen (secondary N) is 2. The lowest BCUT2D eigenvalue weighted by Crippen LogP contribution is -2.13. The summed E-state index contributed by atoms with van der Waals surface area (Å²) in [7, 11) is 1.25. The van der Waals surface area contributed by atoms with Crippen molar-refractivity contribution in [3.63, 3.8) is 0 Å². The molecular formula is C16H11Cl2N3O3. The number of carbonyl (C=O) groups is 2. The molecule has 1 amide bonds. The van der Waals surface area contributed by atoms with Crippen LogP contribution in [-0.4, -0.2) is 24.0 Å². The van der Waals surface area contributed by atoms with E-state index >= 15 is 0 Å². The third-order valence-corrected chi connectivity index (χ3v) is 3.52. The van der Waals surface area contributed by atoms with Gasteiger partial charge in [0.25, 0.3) is 5.91 Å².